The lowest BCUT2D eigenvalue weighted by atomic mass is 9.87. The molecule has 3 fully saturated rings. The van der Waals surface area contributed by atoms with Crippen LogP contribution in [0, 0.1) is 5.82 Å². The second kappa shape index (κ2) is 5.46. The van der Waals surface area contributed by atoms with Crippen molar-refractivity contribution < 1.29 is 22.3 Å². The lowest BCUT2D eigenvalue weighted by Gasteiger charge is -2.56. The summed E-state index contributed by atoms with van der Waals surface area (Å²) in [4.78, 5) is 4.40. The minimum atomic E-state index is -4.88. The van der Waals surface area contributed by atoms with E-state index in [-0.39, 0.29) is 0 Å². The van der Waals surface area contributed by atoms with Crippen molar-refractivity contribution in [1.82, 2.24) is 9.80 Å². The predicted molar refractivity (Wildman–Crippen MR) is 72.6 cm³/mol. The number of fused-ring (bicyclic) bond motifs is 2. The molecule has 0 saturated carbocycles. The van der Waals surface area contributed by atoms with Gasteiger partial charge in [0, 0.05) is 31.7 Å². The summed E-state index contributed by atoms with van der Waals surface area (Å²) in [5.74, 6) is -1.79. The molecule has 2 bridgehead atoms. The number of halogens is 4. The number of benzene rings is 1. The van der Waals surface area contributed by atoms with E-state index in [0.717, 1.165) is 31.6 Å². The highest BCUT2D eigenvalue weighted by Crippen LogP contribution is 2.34. The molecule has 22 heavy (non-hydrogen) atoms. The third-order valence-corrected chi connectivity index (χ3v) is 4.22. The summed E-state index contributed by atoms with van der Waals surface area (Å²) >= 11 is 0. The zero-order valence-corrected chi connectivity index (χ0v) is 11.8. The summed E-state index contributed by atoms with van der Waals surface area (Å²) in [5.41, 5.74) is 0.647. The Balaban J connectivity index is 1.65. The molecule has 0 aromatic heterocycles. The van der Waals surface area contributed by atoms with E-state index in [1.54, 1.807) is 0 Å². The van der Waals surface area contributed by atoms with Gasteiger partial charge >= 0.3 is 6.36 Å². The predicted octanol–water partition coefficient (Wildman–Crippen LogP) is 3.13. The van der Waals surface area contributed by atoms with Crippen molar-refractivity contribution in [3.63, 3.8) is 0 Å². The van der Waals surface area contributed by atoms with Gasteiger partial charge in [0.2, 0.25) is 0 Å². The summed E-state index contributed by atoms with van der Waals surface area (Å²) in [5, 5.41) is 0. The smallest absolute Gasteiger partial charge is 0.403 e. The summed E-state index contributed by atoms with van der Waals surface area (Å²) in [6, 6.07) is 4.41. The summed E-state index contributed by atoms with van der Waals surface area (Å²) in [6.45, 7) is 6.06. The molecule has 0 N–H and O–H groups in total. The minimum Gasteiger partial charge on any atom is -0.403 e. The van der Waals surface area contributed by atoms with Gasteiger partial charge in [-0.25, -0.2) is 4.39 Å². The fourth-order valence-electron chi connectivity index (χ4n) is 3.19. The highest BCUT2D eigenvalue weighted by atomic mass is 19.4. The molecular formula is C15H16F4N2O. The molecule has 3 heterocycles. The Morgan fingerprint density at radius 1 is 1.27 bits per heavy atom. The van der Waals surface area contributed by atoms with Crippen LogP contribution in [0.15, 0.2) is 31.0 Å². The zero-order valence-electron chi connectivity index (χ0n) is 11.8. The van der Waals surface area contributed by atoms with Gasteiger partial charge < -0.3 is 9.64 Å². The van der Waals surface area contributed by atoms with Crippen molar-refractivity contribution in [1.29, 1.82) is 0 Å². The Labute approximate surface area is 125 Å². The van der Waals surface area contributed by atoms with E-state index in [2.05, 4.69) is 21.1 Å². The molecule has 0 aliphatic carbocycles. The second-order valence-electron chi connectivity index (χ2n) is 5.66. The van der Waals surface area contributed by atoms with Crippen molar-refractivity contribution in [2.45, 2.75) is 31.4 Å². The maximum absolute atomic E-state index is 13.7. The molecule has 1 aromatic carbocycles. The Bertz CT molecular complexity index is 563. The molecule has 2 unspecified atom stereocenters. The van der Waals surface area contributed by atoms with Crippen molar-refractivity contribution >= 4 is 0 Å². The van der Waals surface area contributed by atoms with E-state index < -0.39 is 17.9 Å². The van der Waals surface area contributed by atoms with Gasteiger partial charge in [0.1, 0.15) is 0 Å². The molecule has 3 aliphatic heterocycles. The summed E-state index contributed by atoms with van der Waals surface area (Å²) in [6.07, 6.45) is -1.97. The number of hydrogen-bond donors (Lipinski definition) is 0. The van der Waals surface area contributed by atoms with Gasteiger partial charge in [0.05, 0.1) is 0 Å². The molecule has 1 aromatic rings. The third-order valence-electron chi connectivity index (χ3n) is 4.22. The van der Waals surface area contributed by atoms with Crippen LogP contribution in [0.2, 0.25) is 0 Å². The highest BCUT2D eigenvalue weighted by molar-refractivity contribution is 5.30. The fraction of sp³-hybridized carbons (Fsp3) is 0.467. The first kappa shape index (κ1) is 15.1. The number of ether oxygens (including phenoxy) is 1. The Kier molecular flexibility index (Phi) is 3.76. The van der Waals surface area contributed by atoms with Crippen molar-refractivity contribution in [3.8, 4) is 5.75 Å². The standard InChI is InChI=1S/C15H16F4N2O/c1-2-20-8-11-6-12(9-20)21(11)7-10-3-4-14(13(16)5-10)22-15(17,18)19/h2-5,11-12H,1,6-9H2. The van der Waals surface area contributed by atoms with E-state index >= 15 is 0 Å². The summed E-state index contributed by atoms with van der Waals surface area (Å²) < 4.78 is 53.7. The molecule has 3 saturated heterocycles. The van der Waals surface area contributed by atoms with Crippen LogP contribution >= 0.6 is 0 Å². The molecule has 3 nitrogen and oxygen atoms in total. The number of rotatable bonds is 4. The maximum Gasteiger partial charge on any atom is 0.573 e. The van der Waals surface area contributed by atoms with Crippen LogP contribution in [0.25, 0.3) is 0 Å². The maximum atomic E-state index is 13.7. The highest BCUT2D eigenvalue weighted by Gasteiger charge is 2.43. The average Bonchev–Trinajstić information content (AvgIpc) is 2.46. The number of alkyl halides is 3. The molecule has 0 amide bonds. The molecule has 120 valence electrons. The molecule has 0 spiro atoms. The monoisotopic (exact) mass is 316 g/mol. The molecular weight excluding hydrogens is 300 g/mol. The lowest BCUT2D eigenvalue weighted by molar-refractivity contribution is -0.275. The first-order valence-electron chi connectivity index (χ1n) is 7.02. The first-order valence-corrected chi connectivity index (χ1v) is 7.02. The largest absolute Gasteiger partial charge is 0.573 e. The van der Waals surface area contributed by atoms with E-state index in [9.17, 15) is 17.6 Å². The Morgan fingerprint density at radius 3 is 2.50 bits per heavy atom. The molecule has 2 atom stereocenters. The van der Waals surface area contributed by atoms with Crippen LogP contribution in [0.1, 0.15) is 12.0 Å². The molecule has 4 rings (SSSR count). The van der Waals surface area contributed by atoms with Crippen LogP contribution in [0.3, 0.4) is 0 Å². The van der Waals surface area contributed by atoms with Crippen LogP contribution in [-0.4, -0.2) is 41.3 Å². The number of hydrogen-bond acceptors (Lipinski definition) is 3. The van der Waals surface area contributed by atoms with Gasteiger partial charge in [-0.3, -0.25) is 4.90 Å². The van der Waals surface area contributed by atoms with Crippen molar-refractivity contribution in [2.75, 3.05) is 13.1 Å². The topological polar surface area (TPSA) is 15.7 Å². The van der Waals surface area contributed by atoms with Crippen molar-refractivity contribution in [2.24, 2.45) is 0 Å². The molecule has 3 aliphatic rings. The van der Waals surface area contributed by atoms with E-state index in [4.69, 9.17) is 0 Å². The SMILES string of the molecule is C=CN1CC2CC(C1)N2Cc1ccc(OC(F)(F)F)c(F)c1. The third kappa shape index (κ3) is 3.04. The van der Waals surface area contributed by atoms with Crippen LogP contribution < -0.4 is 4.74 Å². The molecule has 0 radical (unpaired) electrons. The van der Waals surface area contributed by atoms with Crippen molar-refractivity contribution in [3.05, 3.63) is 42.4 Å². The van der Waals surface area contributed by atoms with Gasteiger partial charge in [-0.1, -0.05) is 12.6 Å². The first-order chi connectivity index (χ1) is 10.4. The van der Waals surface area contributed by atoms with Gasteiger partial charge in [-0.05, 0) is 30.3 Å². The number of piperidine rings is 1. The van der Waals surface area contributed by atoms with E-state index in [1.807, 2.05) is 6.20 Å². The van der Waals surface area contributed by atoms with Crippen LogP contribution in [0.4, 0.5) is 17.6 Å². The lowest BCUT2D eigenvalue weighted by Crippen LogP contribution is -2.67. The zero-order chi connectivity index (χ0) is 15.9. The van der Waals surface area contributed by atoms with E-state index in [1.165, 1.54) is 6.07 Å². The fourth-order valence-corrected chi connectivity index (χ4v) is 3.19. The van der Waals surface area contributed by atoms with Gasteiger partial charge in [0.25, 0.3) is 0 Å². The van der Waals surface area contributed by atoms with Gasteiger partial charge in [0.15, 0.2) is 11.6 Å². The van der Waals surface area contributed by atoms with Crippen LogP contribution in [-0.2, 0) is 6.54 Å². The Morgan fingerprint density at radius 2 is 1.95 bits per heavy atom. The van der Waals surface area contributed by atoms with E-state index in [0.29, 0.717) is 24.2 Å². The average molecular weight is 316 g/mol. The summed E-state index contributed by atoms with van der Waals surface area (Å²) in [7, 11) is 0. The number of piperazine rings is 1. The second-order valence-corrected chi connectivity index (χ2v) is 5.66. The quantitative estimate of drug-likeness (QED) is 0.794. The normalized spacial score (nSPS) is 24.8. The van der Waals surface area contributed by atoms with Crippen LogP contribution in [0.5, 0.6) is 5.75 Å². The number of nitrogens with zero attached hydrogens (tertiary/aromatic N) is 2. The van der Waals surface area contributed by atoms with Gasteiger partial charge in [-0.15, -0.1) is 13.2 Å². The molecule has 7 heteroatoms. The Hall–Kier alpha value is -1.76. The van der Waals surface area contributed by atoms with Gasteiger partial charge in [-0.2, -0.15) is 0 Å². The minimum absolute atomic E-state index is 0.394.